The van der Waals surface area contributed by atoms with Crippen molar-refractivity contribution in [3.63, 3.8) is 0 Å². The zero-order valence-electron chi connectivity index (χ0n) is 40.9. The van der Waals surface area contributed by atoms with Crippen molar-refractivity contribution in [2.24, 2.45) is 23.2 Å². The number of aliphatic hydroxyl groups excluding tert-OH is 2. The molecule has 0 aromatic carbocycles. The molecule has 1 spiro atoms. The number of hydrogen-bond acceptors (Lipinski definition) is 16. The van der Waals surface area contributed by atoms with Gasteiger partial charge in [-0.2, -0.15) is 5.26 Å². The maximum atomic E-state index is 14.4. The van der Waals surface area contributed by atoms with Crippen molar-refractivity contribution in [2.45, 2.75) is 204 Å². The Bertz CT molecular complexity index is 1970. The molecule has 0 aromatic rings. The van der Waals surface area contributed by atoms with E-state index in [2.05, 4.69) is 17.5 Å². The molecule has 0 radical (unpaired) electrons. The van der Waals surface area contributed by atoms with Crippen molar-refractivity contribution in [1.29, 1.82) is 5.26 Å². The monoisotopic (exact) mass is 943 g/mol. The molecule has 5 fully saturated rings. The number of amides is 1. The van der Waals surface area contributed by atoms with Crippen LogP contribution in [-0.4, -0.2) is 151 Å². The Hall–Kier alpha value is -3.09. The Morgan fingerprint density at radius 1 is 0.955 bits per heavy atom. The summed E-state index contributed by atoms with van der Waals surface area (Å²) in [4.78, 5) is 26.3. The van der Waals surface area contributed by atoms with Crippen LogP contribution in [0.1, 0.15) is 101 Å². The van der Waals surface area contributed by atoms with Crippen LogP contribution in [0.15, 0.2) is 47.1 Å². The Labute approximate surface area is 395 Å². The summed E-state index contributed by atoms with van der Waals surface area (Å²) in [6.07, 6.45) is 1.13. The number of esters is 1. The summed E-state index contributed by atoms with van der Waals surface area (Å²) in [7, 11) is 3.23. The Morgan fingerprint density at radius 3 is 2.31 bits per heavy atom. The number of rotatable bonds is 8. The highest BCUT2D eigenvalue weighted by atomic mass is 16.7. The van der Waals surface area contributed by atoms with Crippen molar-refractivity contribution < 1.29 is 72.3 Å². The highest BCUT2D eigenvalue weighted by molar-refractivity contribution is 5.78. The van der Waals surface area contributed by atoms with Gasteiger partial charge in [-0.15, -0.1) is 0 Å². The zero-order valence-corrected chi connectivity index (χ0v) is 40.9. The third kappa shape index (κ3) is 10.4. The predicted molar refractivity (Wildman–Crippen MR) is 240 cm³/mol. The van der Waals surface area contributed by atoms with Crippen molar-refractivity contribution in [3.05, 3.63) is 47.1 Å². The van der Waals surface area contributed by atoms with Crippen molar-refractivity contribution in [3.8, 4) is 6.07 Å². The van der Waals surface area contributed by atoms with Crippen LogP contribution in [0.2, 0.25) is 0 Å². The molecule has 7 rings (SSSR count). The summed E-state index contributed by atoms with van der Waals surface area (Å²) in [6.45, 7) is 16.5. The van der Waals surface area contributed by atoms with Gasteiger partial charge in [0.05, 0.1) is 67.5 Å². The van der Waals surface area contributed by atoms with Crippen molar-refractivity contribution in [2.75, 3.05) is 20.8 Å². The third-order valence-corrected chi connectivity index (χ3v) is 15.2. The third-order valence-electron chi connectivity index (χ3n) is 15.2. The molecule has 1 aliphatic carbocycles. The van der Waals surface area contributed by atoms with Crippen molar-refractivity contribution in [1.82, 2.24) is 5.32 Å². The fourth-order valence-electron chi connectivity index (χ4n) is 11.5. The summed E-state index contributed by atoms with van der Waals surface area (Å²) in [5, 5.41) is 48.6. The molecule has 67 heavy (non-hydrogen) atoms. The largest absolute Gasteiger partial charge is 0.462 e. The van der Waals surface area contributed by atoms with Crippen LogP contribution in [0, 0.1) is 34.5 Å². The minimum Gasteiger partial charge on any atom is -0.462 e. The normalized spacial score (nSPS) is 48.2. The molecule has 6 heterocycles. The summed E-state index contributed by atoms with van der Waals surface area (Å²) in [5.41, 5.74) is -1.36. The number of ether oxygens (including phenoxy) is 10. The first-order valence-electron chi connectivity index (χ1n) is 24.0. The van der Waals surface area contributed by atoms with Gasteiger partial charge in [-0.25, -0.2) is 0 Å². The lowest BCUT2D eigenvalue weighted by Gasteiger charge is -2.54. The van der Waals surface area contributed by atoms with Gasteiger partial charge in [0.2, 0.25) is 5.91 Å². The fraction of sp³-hybridized carbons (Fsp3) is 0.780. The van der Waals surface area contributed by atoms with E-state index in [0.29, 0.717) is 30.4 Å². The molecule has 7 aliphatic rings. The Morgan fingerprint density at radius 2 is 1.64 bits per heavy atom. The number of allylic oxidation sites excluding steroid dienone is 2. The number of nitrogens with zero attached hydrogens (tertiary/aromatic N) is 1. The Balaban J connectivity index is 1.18. The second-order valence-electron chi connectivity index (χ2n) is 20.5. The van der Waals surface area contributed by atoms with Gasteiger partial charge in [0.1, 0.15) is 41.3 Å². The molecule has 1 amide bonds. The highest BCUT2D eigenvalue weighted by Crippen LogP contribution is 2.50. The van der Waals surface area contributed by atoms with Crippen LogP contribution in [0.4, 0.5) is 0 Å². The zero-order chi connectivity index (χ0) is 48.7. The molecule has 4 N–H and O–H groups in total. The average Bonchev–Trinajstić information content (AvgIpc) is 3.61. The van der Waals surface area contributed by atoms with Crippen LogP contribution in [0.3, 0.4) is 0 Å². The number of aliphatic hydroxyl groups is 3. The minimum absolute atomic E-state index is 0.0224. The van der Waals surface area contributed by atoms with E-state index in [1.165, 1.54) is 6.92 Å². The SMILES string of the molecule is CO[C@H]1C[C@H](O[C@H]2[C@H](C)O[C@@H](O[C@@H]3/C(C)=C/C[C@@H]4C[C@@H](C[C@]5(C[C@H](O)C(C)(C#N)[C@@H](C(C)C)O5)O4)OC(=O)[C@@H]4C=C(C)[C@@H](O)[C@H]5OC/C(=C\C=C\[C@@H]3C)[C@]54O)C[C@@H]2OC)O[C@@H](C)C1NC(C)=O. The summed E-state index contributed by atoms with van der Waals surface area (Å²) < 4.78 is 64.0. The molecule has 17 heteroatoms. The van der Waals surface area contributed by atoms with Crippen LogP contribution < -0.4 is 5.32 Å². The standard InChI is InChI=1S/C50H74N2O15/c1-25(2)45-48(9,24-51)38(54)22-49(67-45)21-34-18-33(66-49)16-15-27(4)43(26(3)13-12-14-32-23-60-46-42(55)28(5)17-35(47(56)63-34)50(32,46)57)64-40-20-37(59-11)44(30(7)62-40)65-39-19-36(58-10)41(29(6)61-39)52-31(8)53/h12-15,17,25-26,29-30,33-46,54-55,57H,16,18-23H2,1-11H3,(H,52,53)/b13-12+,27-15+,32-14+/t26-,29-,30-,33+,34-,35-,36-,37-,38-,39-,40-,41?,42+,43-,44-,45+,46+,48?,49-,50+/m0/s1. The summed E-state index contributed by atoms with van der Waals surface area (Å²) in [5.74, 6) is -3.88. The molecule has 2 unspecified atom stereocenters. The number of methoxy groups -OCH3 is 2. The maximum absolute atomic E-state index is 14.4. The molecular formula is C50H74N2O15. The number of hydrogen-bond donors (Lipinski definition) is 4. The van der Waals surface area contributed by atoms with Crippen LogP contribution in [-0.2, 0) is 57.0 Å². The second kappa shape index (κ2) is 20.7. The lowest BCUT2D eigenvalue weighted by Crippen LogP contribution is -2.63. The molecule has 374 valence electrons. The van der Waals surface area contributed by atoms with Gasteiger partial charge < -0.3 is 68.0 Å². The van der Waals surface area contributed by atoms with Crippen LogP contribution >= 0.6 is 0 Å². The van der Waals surface area contributed by atoms with E-state index in [9.17, 15) is 30.2 Å². The second-order valence-corrected chi connectivity index (χ2v) is 20.5. The van der Waals surface area contributed by atoms with E-state index in [0.717, 1.165) is 5.57 Å². The lowest BCUT2D eigenvalue weighted by molar-refractivity contribution is -0.362. The first-order valence-corrected chi connectivity index (χ1v) is 24.0. The molecular weight excluding hydrogens is 869 g/mol. The van der Waals surface area contributed by atoms with Gasteiger partial charge >= 0.3 is 5.97 Å². The molecule has 5 saturated heterocycles. The van der Waals surface area contributed by atoms with Crippen molar-refractivity contribution >= 4 is 11.9 Å². The number of nitrogens with one attached hydrogen (secondary N) is 1. The maximum Gasteiger partial charge on any atom is 0.316 e. The van der Waals surface area contributed by atoms with Crippen LogP contribution in [0.5, 0.6) is 0 Å². The van der Waals surface area contributed by atoms with Gasteiger partial charge in [0.15, 0.2) is 18.4 Å². The average molecular weight is 943 g/mol. The van der Waals surface area contributed by atoms with Crippen LogP contribution in [0.25, 0.3) is 0 Å². The fourth-order valence-corrected chi connectivity index (χ4v) is 11.5. The van der Waals surface area contributed by atoms with Gasteiger partial charge in [0.25, 0.3) is 0 Å². The topological polar surface area (TPSA) is 223 Å². The molecule has 0 saturated carbocycles. The van der Waals surface area contributed by atoms with E-state index in [-0.39, 0.29) is 61.9 Å². The first kappa shape index (κ1) is 51.8. The van der Waals surface area contributed by atoms with E-state index in [1.807, 2.05) is 53.7 Å². The van der Waals surface area contributed by atoms with E-state index in [1.54, 1.807) is 40.2 Å². The van der Waals surface area contributed by atoms with Gasteiger partial charge in [-0.3, -0.25) is 9.59 Å². The molecule has 2 bridgehead atoms. The molecule has 20 atom stereocenters. The van der Waals surface area contributed by atoms with E-state index in [4.69, 9.17) is 47.4 Å². The summed E-state index contributed by atoms with van der Waals surface area (Å²) >= 11 is 0. The first-order chi connectivity index (χ1) is 31.7. The van der Waals surface area contributed by atoms with E-state index >= 15 is 0 Å². The van der Waals surface area contributed by atoms with Gasteiger partial charge in [0, 0.05) is 59.2 Å². The quantitative estimate of drug-likeness (QED) is 0.198. The highest BCUT2D eigenvalue weighted by Gasteiger charge is 2.61. The summed E-state index contributed by atoms with van der Waals surface area (Å²) in [6, 6.07) is 1.97. The Kier molecular flexibility index (Phi) is 16.0. The smallest absolute Gasteiger partial charge is 0.316 e. The lowest BCUT2D eigenvalue weighted by atomic mass is 9.70. The van der Waals surface area contributed by atoms with E-state index < -0.39 is 102 Å². The number of nitriles is 1. The number of carbonyl (C=O) groups is 2. The molecule has 0 aromatic heterocycles. The molecule has 6 aliphatic heterocycles. The molecule has 17 nitrogen and oxygen atoms in total. The number of carbonyl (C=O) groups excluding carboxylic acids is 2. The van der Waals surface area contributed by atoms with Gasteiger partial charge in [-0.1, -0.05) is 51.2 Å². The van der Waals surface area contributed by atoms with Gasteiger partial charge in [-0.05, 0) is 63.7 Å². The predicted octanol–water partition coefficient (Wildman–Crippen LogP) is 4.22. The minimum atomic E-state index is -1.91. The number of fused-ring (bicyclic) bond motifs is 2.